The topological polar surface area (TPSA) is 41.6 Å². The minimum absolute atomic E-state index is 0.194. The number of nitrogens with zero attached hydrogens (tertiary/aromatic N) is 1. The second-order valence-corrected chi connectivity index (χ2v) is 7.33. The van der Waals surface area contributed by atoms with Crippen LogP contribution in [-0.4, -0.2) is 43.2 Å². The van der Waals surface area contributed by atoms with Crippen molar-refractivity contribution in [3.05, 3.63) is 34.6 Å². The Balaban J connectivity index is 1.93. The molecule has 24 heavy (non-hydrogen) atoms. The number of unbranched alkanes of at least 4 members (excludes halogenated alkanes) is 1. The summed E-state index contributed by atoms with van der Waals surface area (Å²) < 4.78 is 5.82. The molecule has 0 aromatic rings. The molecule has 0 aromatic heterocycles. The van der Waals surface area contributed by atoms with E-state index in [0.717, 1.165) is 44.5 Å². The fraction of sp³-hybridized carbons (Fsp3) is 0.650. The zero-order valence-corrected chi connectivity index (χ0v) is 15.3. The molecule has 3 rings (SSSR count). The van der Waals surface area contributed by atoms with Crippen molar-refractivity contribution < 1.29 is 9.53 Å². The van der Waals surface area contributed by atoms with E-state index in [4.69, 9.17) is 4.74 Å². The van der Waals surface area contributed by atoms with E-state index in [9.17, 15) is 4.79 Å². The van der Waals surface area contributed by atoms with Gasteiger partial charge >= 0.3 is 5.97 Å². The Bertz CT molecular complexity index is 603. The molecule has 1 atom stereocenters. The predicted molar refractivity (Wildman–Crippen MR) is 96.6 cm³/mol. The van der Waals surface area contributed by atoms with Gasteiger partial charge in [-0.25, -0.2) is 4.79 Å². The maximum atomic E-state index is 12.1. The van der Waals surface area contributed by atoms with Crippen LogP contribution in [0.15, 0.2) is 34.6 Å². The van der Waals surface area contributed by atoms with E-state index in [-0.39, 0.29) is 5.97 Å². The summed E-state index contributed by atoms with van der Waals surface area (Å²) in [5.41, 5.74) is 4.71. The molecule has 2 aliphatic heterocycles. The van der Waals surface area contributed by atoms with Gasteiger partial charge in [-0.15, -0.1) is 0 Å². The number of allylic oxidation sites excluding steroid dienone is 2. The van der Waals surface area contributed by atoms with Gasteiger partial charge in [0.2, 0.25) is 0 Å². The van der Waals surface area contributed by atoms with Crippen molar-refractivity contribution in [2.45, 2.75) is 58.0 Å². The third-order valence-electron chi connectivity index (χ3n) is 5.41. The largest absolute Gasteiger partial charge is 0.451 e. The summed E-state index contributed by atoms with van der Waals surface area (Å²) in [5.74, 6) is -0.194. The summed E-state index contributed by atoms with van der Waals surface area (Å²) in [6.07, 6.45) is 10.5. The number of hydrogen-bond acceptors (Lipinski definition) is 4. The Morgan fingerprint density at radius 1 is 1.38 bits per heavy atom. The number of fused-ring (bicyclic) bond motifs is 1. The van der Waals surface area contributed by atoms with Gasteiger partial charge in [-0.1, -0.05) is 13.3 Å². The lowest BCUT2D eigenvalue weighted by Gasteiger charge is -2.44. The lowest BCUT2D eigenvalue weighted by molar-refractivity contribution is -0.150. The molecule has 0 fully saturated rings. The van der Waals surface area contributed by atoms with Gasteiger partial charge in [0.25, 0.3) is 0 Å². The molecule has 0 saturated heterocycles. The molecule has 3 aliphatic rings. The summed E-state index contributed by atoms with van der Waals surface area (Å²) in [7, 11) is 1.95. The molecule has 4 nitrogen and oxygen atoms in total. The average Bonchev–Trinajstić information content (AvgIpc) is 2.55. The standard InChI is InChI=1S/C20H30N2O2/c1-4-5-10-22-11-6-7-16-12-17-15(8-9-21-3)13-19(23)24-20(17,2)14-18(16)22/h12-13,21H,4-11,14H2,1-3H3. The zero-order chi connectivity index (χ0) is 17.2. The van der Waals surface area contributed by atoms with Crippen molar-refractivity contribution in [2.75, 3.05) is 26.7 Å². The maximum Gasteiger partial charge on any atom is 0.331 e. The summed E-state index contributed by atoms with van der Waals surface area (Å²) in [6, 6.07) is 0. The number of esters is 1. The number of hydrogen-bond donors (Lipinski definition) is 1. The lowest BCUT2D eigenvalue weighted by atomic mass is 9.75. The fourth-order valence-electron chi connectivity index (χ4n) is 4.12. The Morgan fingerprint density at radius 3 is 2.96 bits per heavy atom. The Labute approximate surface area is 145 Å². The zero-order valence-electron chi connectivity index (χ0n) is 15.3. The highest BCUT2D eigenvalue weighted by atomic mass is 16.6. The molecule has 1 N–H and O–H groups in total. The van der Waals surface area contributed by atoms with Gasteiger partial charge in [-0.05, 0) is 69.0 Å². The van der Waals surface area contributed by atoms with Crippen molar-refractivity contribution >= 4 is 5.97 Å². The van der Waals surface area contributed by atoms with E-state index in [0.29, 0.717) is 0 Å². The average molecular weight is 330 g/mol. The Morgan fingerprint density at radius 2 is 2.21 bits per heavy atom. The third-order valence-corrected chi connectivity index (χ3v) is 5.41. The smallest absolute Gasteiger partial charge is 0.331 e. The van der Waals surface area contributed by atoms with Gasteiger partial charge in [-0.2, -0.15) is 0 Å². The van der Waals surface area contributed by atoms with Crippen LogP contribution in [0.5, 0.6) is 0 Å². The molecule has 132 valence electrons. The highest BCUT2D eigenvalue weighted by Crippen LogP contribution is 2.45. The molecule has 0 radical (unpaired) electrons. The molecule has 0 aromatic carbocycles. The summed E-state index contributed by atoms with van der Waals surface area (Å²) in [4.78, 5) is 14.7. The van der Waals surface area contributed by atoms with Gasteiger partial charge in [-0.3, -0.25) is 0 Å². The minimum Gasteiger partial charge on any atom is -0.451 e. The predicted octanol–water partition coefficient (Wildman–Crippen LogP) is 3.32. The van der Waals surface area contributed by atoms with Crippen LogP contribution in [0.3, 0.4) is 0 Å². The SMILES string of the molecule is CCCCN1CCCC2=C1CC1(C)OC(=O)C=C(CCNC)C1=C2. The summed E-state index contributed by atoms with van der Waals surface area (Å²) >= 11 is 0. The van der Waals surface area contributed by atoms with Crippen molar-refractivity contribution in [3.63, 3.8) is 0 Å². The van der Waals surface area contributed by atoms with Crippen LogP contribution in [0.4, 0.5) is 0 Å². The van der Waals surface area contributed by atoms with Crippen LogP contribution in [-0.2, 0) is 9.53 Å². The molecule has 0 bridgehead atoms. The molecule has 0 spiro atoms. The first kappa shape index (κ1) is 17.3. The number of ether oxygens (including phenoxy) is 1. The normalized spacial score (nSPS) is 26.5. The highest BCUT2D eigenvalue weighted by Gasteiger charge is 2.43. The van der Waals surface area contributed by atoms with E-state index in [2.05, 4.69) is 30.1 Å². The van der Waals surface area contributed by atoms with Crippen LogP contribution in [0.1, 0.15) is 52.4 Å². The van der Waals surface area contributed by atoms with Crippen LogP contribution in [0.25, 0.3) is 0 Å². The van der Waals surface area contributed by atoms with Crippen molar-refractivity contribution in [1.82, 2.24) is 10.2 Å². The number of carbonyl (C=O) groups is 1. The second kappa shape index (κ2) is 7.14. The maximum absolute atomic E-state index is 12.1. The van der Waals surface area contributed by atoms with Gasteiger partial charge in [0.05, 0.1) is 0 Å². The molecule has 1 aliphatic carbocycles. The van der Waals surface area contributed by atoms with Crippen LogP contribution < -0.4 is 5.32 Å². The molecule has 1 unspecified atom stereocenters. The van der Waals surface area contributed by atoms with Gasteiger partial charge < -0.3 is 15.0 Å². The van der Waals surface area contributed by atoms with Crippen molar-refractivity contribution in [3.8, 4) is 0 Å². The first-order valence-corrected chi connectivity index (χ1v) is 9.35. The van der Waals surface area contributed by atoms with E-state index >= 15 is 0 Å². The Hall–Kier alpha value is -1.55. The monoisotopic (exact) mass is 330 g/mol. The van der Waals surface area contributed by atoms with Gasteiger partial charge in [0, 0.05) is 31.3 Å². The lowest BCUT2D eigenvalue weighted by Crippen LogP contribution is -2.44. The minimum atomic E-state index is -0.504. The number of rotatable bonds is 6. The molecular formula is C20H30N2O2. The Kier molecular flexibility index (Phi) is 5.14. The van der Waals surface area contributed by atoms with Crippen LogP contribution in [0.2, 0.25) is 0 Å². The summed E-state index contributed by atoms with van der Waals surface area (Å²) in [6.45, 7) is 7.45. The van der Waals surface area contributed by atoms with Gasteiger partial charge in [0.15, 0.2) is 0 Å². The van der Waals surface area contributed by atoms with Crippen molar-refractivity contribution in [1.29, 1.82) is 0 Å². The highest BCUT2D eigenvalue weighted by molar-refractivity contribution is 5.87. The number of nitrogens with one attached hydrogen (secondary N) is 1. The van der Waals surface area contributed by atoms with E-state index < -0.39 is 5.60 Å². The van der Waals surface area contributed by atoms with E-state index in [1.807, 2.05) is 7.05 Å². The molecule has 4 heteroatoms. The first-order valence-electron chi connectivity index (χ1n) is 9.35. The third kappa shape index (κ3) is 3.30. The molecular weight excluding hydrogens is 300 g/mol. The molecule has 0 amide bonds. The molecule has 2 heterocycles. The fourth-order valence-corrected chi connectivity index (χ4v) is 4.12. The molecule has 0 saturated carbocycles. The first-order chi connectivity index (χ1) is 11.6. The second-order valence-electron chi connectivity index (χ2n) is 7.33. The van der Waals surface area contributed by atoms with Crippen molar-refractivity contribution in [2.24, 2.45) is 0 Å². The van der Waals surface area contributed by atoms with Crippen LogP contribution >= 0.6 is 0 Å². The quantitative estimate of drug-likeness (QED) is 0.759. The summed E-state index contributed by atoms with van der Waals surface area (Å²) in [5, 5.41) is 3.18. The van der Waals surface area contributed by atoms with Gasteiger partial charge in [0.1, 0.15) is 5.60 Å². The van der Waals surface area contributed by atoms with Crippen LogP contribution in [0, 0.1) is 0 Å². The number of carbonyl (C=O) groups excluding carboxylic acids is 1. The van der Waals surface area contributed by atoms with E-state index in [1.165, 1.54) is 36.1 Å². The van der Waals surface area contributed by atoms with E-state index in [1.54, 1.807) is 6.08 Å².